The van der Waals surface area contributed by atoms with Crippen LogP contribution in [0, 0.1) is 0 Å². The van der Waals surface area contributed by atoms with Gasteiger partial charge in [0.2, 0.25) is 0 Å². The van der Waals surface area contributed by atoms with E-state index in [2.05, 4.69) is 5.32 Å². The normalized spacial score (nSPS) is 16.3. The number of amides is 1. The Morgan fingerprint density at radius 2 is 2.06 bits per heavy atom. The largest absolute Gasteiger partial charge is 0.398 e. The van der Waals surface area contributed by atoms with Crippen molar-refractivity contribution < 1.29 is 4.79 Å². The highest BCUT2D eigenvalue weighted by Gasteiger charge is 2.18. The first-order chi connectivity index (χ1) is 7.66. The average molecular weight is 239 g/mol. The molecule has 3 N–H and O–H groups in total. The monoisotopic (exact) mass is 238 g/mol. The molecule has 0 bridgehead atoms. The van der Waals surface area contributed by atoms with Crippen LogP contribution in [0.5, 0.6) is 0 Å². The van der Waals surface area contributed by atoms with Crippen LogP contribution in [0.25, 0.3) is 0 Å². The third-order valence-electron chi connectivity index (χ3n) is 2.95. The summed E-state index contributed by atoms with van der Waals surface area (Å²) in [6, 6.07) is 5.29. The third-order valence-corrected chi connectivity index (χ3v) is 3.29. The van der Waals surface area contributed by atoms with E-state index >= 15 is 0 Å². The molecule has 3 nitrogen and oxygen atoms in total. The number of carbonyl (C=O) groups is 1. The summed E-state index contributed by atoms with van der Waals surface area (Å²) in [4.78, 5) is 11.9. The highest BCUT2D eigenvalue weighted by Crippen LogP contribution is 2.21. The molecule has 1 fully saturated rings. The van der Waals surface area contributed by atoms with Crippen molar-refractivity contribution in [1.82, 2.24) is 5.32 Å². The van der Waals surface area contributed by atoms with Crippen LogP contribution in [0.3, 0.4) is 0 Å². The van der Waals surface area contributed by atoms with Gasteiger partial charge in [-0.15, -0.1) is 0 Å². The van der Waals surface area contributed by atoms with Gasteiger partial charge < -0.3 is 11.1 Å². The number of hydrogen-bond donors (Lipinski definition) is 2. The fourth-order valence-corrected chi connectivity index (χ4v) is 2.14. The van der Waals surface area contributed by atoms with Crippen LogP contribution in [0.4, 0.5) is 5.69 Å². The second-order valence-corrected chi connectivity index (χ2v) is 4.60. The molecule has 0 unspecified atom stereocenters. The Balaban J connectivity index is 2.05. The van der Waals surface area contributed by atoms with E-state index in [9.17, 15) is 4.79 Å². The van der Waals surface area contributed by atoms with E-state index in [-0.39, 0.29) is 5.91 Å². The first-order valence-corrected chi connectivity index (χ1v) is 5.90. The highest BCUT2D eigenvalue weighted by molar-refractivity contribution is 6.33. The molecule has 1 aliphatic rings. The summed E-state index contributed by atoms with van der Waals surface area (Å²) in [6.45, 7) is 0. The number of rotatable bonds is 2. The molecule has 0 spiro atoms. The molecule has 4 heteroatoms. The van der Waals surface area contributed by atoms with E-state index in [4.69, 9.17) is 17.3 Å². The van der Waals surface area contributed by atoms with Gasteiger partial charge in [0.05, 0.1) is 10.7 Å². The number of nitrogens with two attached hydrogens (primary N) is 1. The molecule has 2 rings (SSSR count). The van der Waals surface area contributed by atoms with Crippen molar-refractivity contribution in [3.63, 3.8) is 0 Å². The lowest BCUT2D eigenvalue weighted by Gasteiger charge is -2.12. The van der Waals surface area contributed by atoms with E-state index in [1.165, 1.54) is 12.8 Å². The predicted octanol–water partition coefficient (Wildman–Crippen LogP) is 2.59. The van der Waals surface area contributed by atoms with Crippen molar-refractivity contribution in [3.05, 3.63) is 28.8 Å². The van der Waals surface area contributed by atoms with Gasteiger partial charge in [-0.25, -0.2) is 0 Å². The molecule has 1 aromatic rings. The lowest BCUT2D eigenvalue weighted by atomic mass is 10.1. The molecule has 0 atom stereocenters. The van der Waals surface area contributed by atoms with Crippen LogP contribution in [0.1, 0.15) is 36.0 Å². The van der Waals surface area contributed by atoms with E-state index in [1.54, 1.807) is 18.2 Å². The molecular formula is C12H15ClN2O. The maximum absolute atomic E-state index is 11.9. The minimum absolute atomic E-state index is 0.0599. The van der Waals surface area contributed by atoms with Crippen LogP contribution in [0.15, 0.2) is 18.2 Å². The van der Waals surface area contributed by atoms with Gasteiger partial charge in [0.25, 0.3) is 5.91 Å². The topological polar surface area (TPSA) is 55.1 Å². The van der Waals surface area contributed by atoms with Crippen molar-refractivity contribution in [3.8, 4) is 0 Å². The zero-order chi connectivity index (χ0) is 11.5. The molecular weight excluding hydrogens is 224 g/mol. The molecule has 16 heavy (non-hydrogen) atoms. The third kappa shape index (κ3) is 2.47. The van der Waals surface area contributed by atoms with Gasteiger partial charge in [-0.1, -0.05) is 24.4 Å². The Morgan fingerprint density at radius 1 is 1.38 bits per heavy atom. The number of nitrogen functional groups attached to an aromatic ring is 1. The fourth-order valence-electron chi connectivity index (χ4n) is 2.02. The van der Waals surface area contributed by atoms with Crippen molar-refractivity contribution in [2.24, 2.45) is 0 Å². The Bertz CT molecular complexity index is 400. The summed E-state index contributed by atoms with van der Waals surface area (Å²) in [5, 5.41) is 3.49. The van der Waals surface area contributed by atoms with Crippen LogP contribution in [0.2, 0.25) is 5.02 Å². The van der Waals surface area contributed by atoms with Crippen LogP contribution < -0.4 is 11.1 Å². The summed E-state index contributed by atoms with van der Waals surface area (Å²) in [5.41, 5.74) is 6.68. The molecule has 0 radical (unpaired) electrons. The van der Waals surface area contributed by atoms with Crippen molar-refractivity contribution >= 4 is 23.2 Å². The molecule has 0 saturated heterocycles. The molecule has 0 aromatic heterocycles. The number of carbonyl (C=O) groups excluding carboxylic acids is 1. The van der Waals surface area contributed by atoms with Gasteiger partial charge in [-0.05, 0) is 31.0 Å². The summed E-state index contributed by atoms with van der Waals surface area (Å²) in [6.07, 6.45) is 4.56. The van der Waals surface area contributed by atoms with Crippen molar-refractivity contribution in [1.29, 1.82) is 0 Å². The Morgan fingerprint density at radius 3 is 2.69 bits per heavy atom. The van der Waals surface area contributed by atoms with Crippen LogP contribution >= 0.6 is 11.6 Å². The predicted molar refractivity (Wildman–Crippen MR) is 65.6 cm³/mol. The van der Waals surface area contributed by atoms with E-state index in [0.717, 1.165) is 12.8 Å². The van der Waals surface area contributed by atoms with Crippen molar-refractivity contribution in [2.45, 2.75) is 31.7 Å². The second kappa shape index (κ2) is 4.74. The second-order valence-electron chi connectivity index (χ2n) is 4.19. The Labute approximate surface area is 100.0 Å². The number of hydrogen-bond acceptors (Lipinski definition) is 2. The maximum Gasteiger partial charge on any atom is 0.251 e. The first-order valence-electron chi connectivity index (χ1n) is 5.52. The molecule has 1 aromatic carbocycles. The summed E-state index contributed by atoms with van der Waals surface area (Å²) in [5.74, 6) is -0.0599. The maximum atomic E-state index is 11.9. The average Bonchev–Trinajstić information content (AvgIpc) is 2.74. The zero-order valence-corrected chi connectivity index (χ0v) is 9.76. The quantitative estimate of drug-likeness (QED) is 0.779. The van der Waals surface area contributed by atoms with Gasteiger partial charge in [0.1, 0.15) is 0 Å². The molecule has 1 aliphatic carbocycles. The van der Waals surface area contributed by atoms with Gasteiger partial charge >= 0.3 is 0 Å². The minimum atomic E-state index is -0.0599. The smallest absolute Gasteiger partial charge is 0.251 e. The summed E-state index contributed by atoms with van der Waals surface area (Å²) < 4.78 is 0. The first kappa shape index (κ1) is 11.3. The van der Waals surface area contributed by atoms with Crippen molar-refractivity contribution in [2.75, 3.05) is 5.73 Å². The molecule has 86 valence electrons. The fraction of sp³-hybridized carbons (Fsp3) is 0.417. The molecule has 1 saturated carbocycles. The SMILES string of the molecule is Nc1cc(C(=O)NC2CCCC2)ccc1Cl. The molecule has 0 aliphatic heterocycles. The van der Waals surface area contributed by atoms with Crippen LogP contribution in [-0.2, 0) is 0 Å². The summed E-state index contributed by atoms with van der Waals surface area (Å²) >= 11 is 5.80. The number of halogens is 1. The van der Waals surface area contributed by atoms with Gasteiger partial charge in [-0.2, -0.15) is 0 Å². The number of nitrogens with one attached hydrogen (secondary N) is 1. The van der Waals surface area contributed by atoms with E-state index in [0.29, 0.717) is 22.3 Å². The molecule has 0 heterocycles. The van der Waals surface area contributed by atoms with Crippen LogP contribution in [-0.4, -0.2) is 11.9 Å². The number of benzene rings is 1. The Hall–Kier alpha value is -1.22. The standard InChI is InChI=1S/C12H15ClN2O/c13-10-6-5-8(7-11(10)14)12(16)15-9-3-1-2-4-9/h5-7,9H,1-4,14H2,(H,15,16). The van der Waals surface area contributed by atoms with E-state index in [1.807, 2.05) is 0 Å². The molecule has 1 amide bonds. The van der Waals surface area contributed by atoms with Gasteiger partial charge in [-0.3, -0.25) is 4.79 Å². The summed E-state index contributed by atoms with van der Waals surface area (Å²) in [7, 11) is 0. The zero-order valence-electron chi connectivity index (χ0n) is 9.00. The lowest BCUT2D eigenvalue weighted by molar-refractivity contribution is 0.0938. The lowest BCUT2D eigenvalue weighted by Crippen LogP contribution is -2.32. The minimum Gasteiger partial charge on any atom is -0.398 e. The van der Waals surface area contributed by atoms with Gasteiger partial charge in [0, 0.05) is 11.6 Å². The number of anilines is 1. The highest BCUT2D eigenvalue weighted by atomic mass is 35.5. The van der Waals surface area contributed by atoms with Gasteiger partial charge in [0.15, 0.2) is 0 Å². The Kier molecular flexibility index (Phi) is 3.34. The van der Waals surface area contributed by atoms with E-state index < -0.39 is 0 Å².